The highest BCUT2D eigenvalue weighted by molar-refractivity contribution is 8.22. The van der Waals surface area contributed by atoms with Crippen LogP contribution in [0.15, 0.2) is 10.3 Å². The van der Waals surface area contributed by atoms with Gasteiger partial charge in [-0.1, -0.05) is 23.5 Å². The Hall–Kier alpha value is -0.890. The van der Waals surface area contributed by atoms with Crippen molar-refractivity contribution < 1.29 is 0 Å². The minimum absolute atomic E-state index is 0.794. The number of thioether (sulfide) groups is 3. The summed E-state index contributed by atoms with van der Waals surface area (Å²) >= 11 is 5.11. The number of rotatable bonds is 12. The van der Waals surface area contributed by atoms with Gasteiger partial charge < -0.3 is 9.80 Å². The summed E-state index contributed by atoms with van der Waals surface area (Å²) in [4.78, 5) is 4.23. The summed E-state index contributed by atoms with van der Waals surface area (Å²) in [6.07, 6.45) is 0. The fraction of sp³-hybridized carbons (Fsp3) is 0.833. The lowest BCUT2D eigenvalue weighted by molar-refractivity contribution is 0.361. The van der Waals surface area contributed by atoms with Crippen LogP contribution < -0.4 is 0 Å². The monoisotopic (exact) mass is 404 g/mol. The zero-order chi connectivity index (χ0) is 18.1. The molecule has 0 aliphatic rings. The van der Waals surface area contributed by atoms with E-state index in [1.807, 2.05) is 37.6 Å². The first-order valence-electron chi connectivity index (χ1n) is 7.71. The molecule has 0 spiro atoms. The summed E-state index contributed by atoms with van der Waals surface area (Å²) in [6.45, 7) is 3.42. The Morgan fingerprint density at radius 1 is 0.760 bits per heavy atom. The Bertz CT molecular complexity index is 562. The topological polar surface area (TPSA) is 93.7 Å². The zero-order valence-corrected chi connectivity index (χ0v) is 17.4. The minimum atomic E-state index is 0.794. The van der Waals surface area contributed by atoms with Crippen molar-refractivity contribution in [3.05, 3.63) is 0 Å². The molecule has 0 saturated carbocycles. The van der Waals surface area contributed by atoms with Crippen LogP contribution in [-0.4, -0.2) is 102 Å². The molecule has 2 heterocycles. The lowest BCUT2D eigenvalue weighted by Crippen LogP contribution is -2.19. The first kappa shape index (κ1) is 20.4. The summed E-state index contributed by atoms with van der Waals surface area (Å²) in [5.74, 6) is 0. The van der Waals surface area contributed by atoms with Crippen LogP contribution in [0.2, 0.25) is 0 Å². The third kappa shape index (κ3) is 7.48. The van der Waals surface area contributed by atoms with Gasteiger partial charge in [-0.25, -0.2) is 9.36 Å². The molecule has 13 heteroatoms. The van der Waals surface area contributed by atoms with Crippen molar-refractivity contribution in [3.8, 4) is 0 Å². The molecule has 0 aliphatic carbocycles. The van der Waals surface area contributed by atoms with Crippen molar-refractivity contribution in [2.24, 2.45) is 0 Å². The van der Waals surface area contributed by atoms with Crippen LogP contribution >= 0.6 is 35.3 Å². The fourth-order valence-corrected chi connectivity index (χ4v) is 4.83. The first-order valence-corrected chi connectivity index (χ1v) is 10.8. The van der Waals surface area contributed by atoms with E-state index in [0.29, 0.717) is 0 Å². The van der Waals surface area contributed by atoms with Gasteiger partial charge in [-0.15, -0.1) is 22.0 Å². The SMILES string of the molecule is CN(C)CCn1nnnc1SCSCSc1nnnn1CCN(C)C. The molecule has 0 aromatic carbocycles. The molecule has 0 unspecified atom stereocenters. The van der Waals surface area contributed by atoms with Gasteiger partial charge in [0.25, 0.3) is 0 Å². The maximum absolute atomic E-state index is 4.08. The van der Waals surface area contributed by atoms with Gasteiger partial charge in [-0.05, 0) is 49.0 Å². The second kappa shape index (κ2) is 11.0. The third-order valence-corrected chi connectivity index (χ3v) is 6.44. The average molecular weight is 405 g/mol. The predicted octanol–water partition coefficient (Wildman–Crippen LogP) is 0.315. The molecule has 0 bridgehead atoms. The lowest BCUT2D eigenvalue weighted by atomic mass is 10.6. The van der Waals surface area contributed by atoms with E-state index in [-0.39, 0.29) is 0 Å². The number of aromatic nitrogens is 8. The van der Waals surface area contributed by atoms with Gasteiger partial charge in [0.2, 0.25) is 10.3 Å². The van der Waals surface area contributed by atoms with Gasteiger partial charge in [0.15, 0.2) is 0 Å². The van der Waals surface area contributed by atoms with Crippen molar-refractivity contribution >= 4 is 35.3 Å². The Balaban J connectivity index is 1.67. The summed E-state index contributed by atoms with van der Waals surface area (Å²) in [7, 11) is 8.15. The van der Waals surface area contributed by atoms with Crippen LogP contribution in [0.1, 0.15) is 0 Å². The van der Waals surface area contributed by atoms with Crippen molar-refractivity contribution in [1.82, 2.24) is 50.2 Å². The molecule has 0 aliphatic heterocycles. The number of tetrazole rings is 2. The molecule has 140 valence electrons. The predicted molar refractivity (Wildman–Crippen MR) is 102 cm³/mol. The molecule has 10 nitrogen and oxygen atoms in total. The molecule has 2 aromatic rings. The minimum Gasteiger partial charge on any atom is -0.308 e. The highest BCUT2D eigenvalue weighted by Gasteiger charge is 2.09. The largest absolute Gasteiger partial charge is 0.308 e. The third-order valence-electron chi connectivity index (χ3n) is 3.06. The van der Waals surface area contributed by atoms with E-state index < -0.39 is 0 Å². The summed E-state index contributed by atoms with van der Waals surface area (Å²) in [5.41, 5.74) is 0. The van der Waals surface area contributed by atoms with Gasteiger partial charge in [0.1, 0.15) is 0 Å². The Kier molecular flexibility index (Phi) is 8.95. The number of hydrogen-bond donors (Lipinski definition) is 0. The molecule has 25 heavy (non-hydrogen) atoms. The lowest BCUT2D eigenvalue weighted by Gasteiger charge is -2.10. The van der Waals surface area contributed by atoms with E-state index in [9.17, 15) is 0 Å². The highest BCUT2D eigenvalue weighted by atomic mass is 32.2. The molecule has 0 amide bonds. The quantitative estimate of drug-likeness (QED) is 0.278. The van der Waals surface area contributed by atoms with E-state index in [0.717, 1.165) is 46.7 Å². The van der Waals surface area contributed by atoms with Crippen molar-refractivity contribution in [1.29, 1.82) is 0 Å². The van der Waals surface area contributed by atoms with Crippen molar-refractivity contribution in [2.75, 3.05) is 51.4 Å². The van der Waals surface area contributed by atoms with Crippen LogP contribution in [0.25, 0.3) is 0 Å². The van der Waals surface area contributed by atoms with Gasteiger partial charge in [0.05, 0.1) is 13.1 Å². The molecule has 0 atom stereocenters. The van der Waals surface area contributed by atoms with Crippen LogP contribution in [0, 0.1) is 0 Å². The molecule has 0 N–H and O–H groups in total. The Morgan fingerprint density at radius 2 is 1.20 bits per heavy atom. The van der Waals surface area contributed by atoms with Crippen molar-refractivity contribution in [2.45, 2.75) is 23.4 Å². The van der Waals surface area contributed by atoms with Gasteiger partial charge >= 0.3 is 0 Å². The molecule has 0 saturated heterocycles. The van der Waals surface area contributed by atoms with E-state index in [4.69, 9.17) is 0 Å². The zero-order valence-electron chi connectivity index (χ0n) is 14.9. The summed E-state index contributed by atoms with van der Waals surface area (Å²) in [5, 5.41) is 27.2. The number of likely N-dealkylation sites (N-methyl/N-ethyl adjacent to an activating group) is 2. The molecular formula is C12H24N10S3. The van der Waals surface area contributed by atoms with Gasteiger partial charge in [0, 0.05) is 23.3 Å². The van der Waals surface area contributed by atoms with E-state index in [2.05, 4.69) is 40.9 Å². The van der Waals surface area contributed by atoms with Crippen LogP contribution in [0.4, 0.5) is 0 Å². The van der Waals surface area contributed by atoms with Crippen LogP contribution in [0.3, 0.4) is 0 Å². The first-order chi connectivity index (χ1) is 12.1. The second-order valence-electron chi connectivity index (χ2n) is 5.70. The van der Waals surface area contributed by atoms with E-state index in [1.54, 1.807) is 35.3 Å². The smallest absolute Gasteiger partial charge is 0.210 e. The Morgan fingerprint density at radius 3 is 1.60 bits per heavy atom. The highest BCUT2D eigenvalue weighted by Crippen LogP contribution is 2.25. The summed E-state index contributed by atoms with van der Waals surface area (Å²) < 4.78 is 3.69. The molecule has 2 aromatic heterocycles. The van der Waals surface area contributed by atoms with Crippen molar-refractivity contribution in [3.63, 3.8) is 0 Å². The maximum atomic E-state index is 4.08. The summed E-state index contributed by atoms with van der Waals surface area (Å²) in [6, 6.07) is 0. The standard InChI is InChI=1S/C12H24N10S3/c1-19(2)5-7-21-11(13-15-17-21)24-9-23-10-25-12-14-16-18-22(12)8-6-20(3)4/h5-10H2,1-4H3. The maximum Gasteiger partial charge on any atom is 0.210 e. The number of nitrogens with zero attached hydrogens (tertiary/aromatic N) is 10. The van der Waals surface area contributed by atoms with Crippen LogP contribution in [-0.2, 0) is 13.1 Å². The second-order valence-corrected chi connectivity index (χ2v) is 9.31. The van der Waals surface area contributed by atoms with E-state index in [1.165, 1.54) is 0 Å². The van der Waals surface area contributed by atoms with E-state index >= 15 is 0 Å². The van der Waals surface area contributed by atoms with Gasteiger partial charge in [-0.2, -0.15) is 0 Å². The van der Waals surface area contributed by atoms with Crippen LogP contribution in [0.5, 0.6) is 0 Å². The molecule has 2 rings (SSSR count). The fourth-order valence-electron chi connectivity index (χ4n) is 1.69. The molecule has 0 radical (unpaired) electrons. The average Bonchev–Trinajstić information content (AvgIpc) is 3.19. The number of hydrogen-bond acceptors (Lipinski definition) is 11. The molecular weight excluding hydrogens is 380 g/mol. The Labute approximate surface area is 160 Å². The normalized spacial score (nSPS) is 11.8. The molecule has 0 fully saturated rings. The van der Waals surface area contributed by atoms with Gasteiger partial charge in [-0.3, -0.25) is 0 Å².